The molecular weight excluding hydrogens is 407 g/mol. The highest BCUT2D eigenvalue weighted by Gasteiger charge is 2.30. The number of aromatic nitrogens is 5. The van der Waals surface area contributed by atoms with Gasteiger partial charge in [-0.05, 0) is 24.3 Å². The van der Waals surface area contributed by atoms with E-state index in [1.807, 2.05) is 22.8 Å². The summed E-state index contributed by atoms with van der Waals surface area (Å²) in [6, 6.07) is 11.8. The monoisotopic (exact) mass is 420 g/mol. The van der Waals surface area contributed by atoms with E-state index in [9.17, 15) is 4.39 Å². The van der Waals surface area contributed by atoms with E-state index in [1.54, 1.807) is 35.4 Å². The molecule has 0 saturated heterocycles. The molecule has 2 aromatic heterocycles. The van der Waals surface area contributed by atoms with Gasteiger partial charge in [0.05, 0.1) is 29.0 Å². The van der Waals surface area contributed by atoms with Crippen molar-refractivity contribution in [2.75, 3.05) is 6.61 Å². The van der Waals surface area contributed by atoms with E-state index in [-0.39, 0.29) is 12.4 Å². The van der Waals surface area contributed by atoms with Crippen molar-refractivity contribution in [1.29, 1.82) is 0 Å². The van der Waals surface area contributed by atoms with Gasteiger partial charge >= 0.3 is 0 Å². The zero-order valence-corrected chi connectivity index (χ0v) is 16.3. The smallest absolute Gasteiger partial charge is 0.238 e. The lowest BCUT2D eigenvalue weighted by atomic mass is 10.1. The molecule has 4 aromatic rings. The van der Waals surface area contributed by atoms with Crippen LogP contribution in [0.1, 0.15) is 28.7 Å². The number of hydrogen-bond acceptors (Lipinski definition) is 5. The van der Waals surface area contributed by atoms with Gasteiger partial charge < -0.3 is 4.74 Å². The standard InChI is InChI=1S/C21H14ClFN6O/c22-12-5-6-17-18(7-12)29-13(9-25-27-29)8-19-20(24-11-28(17)19)21-26-16(10-30-21)14-3-1-2-4-15(14)23/h1-7,9,11,16H,8,10H2/t16-/m1/s1. The van der Waals surface area contributed by atoms with Gasteiger partial charge in [-0.2, -0.15) is 0 Å². The number of aliphatic imine (C=N–C) groups is 1. The Kier molecular flexibility index (Phi) is 3.76. The maximum atomic E-state index is 14.2. The van der Waals surface area contributed by atoms with Crippen LogP contribution in [0.4, 0.5) is 4.39 Å². The second-order valence-corrected chi connectivity index (χ2v) is 7.58. The third-order valence-corrected chi connectivity index (χ3v) is 5.61. The molecule has 0 spiro atoms. The summed E-state index contributed by atoms with van der Waals surface area (Å²) in [4.78, 5) is 9.21. The summed E-state index contributed by atoms with van der Waals surface area (Å²) in [6.07, 6.45) is 3.98. The number of fused-ring (bicyclic) bond motifs is 5. The number of halogens is 2. The highest BCUT2D eigenvalue weighted by Crippen LogP contribution is 2.33. The first-order valence-corrected chi connectivity index (χ1v) is 9.78. The Morgan fingerprint density at radius 3 is 2.93 bits per heavy atom. The summed E-state index contributed by atoms with van der Waals surface area (Å²) in [5, 5.41) is 8.89. The van der Waals surface area contributed by atoms with E-state index in [4.69, 9.17) is 16.3 Å². The van der Waals surface area contributed by atoms with Crippen LogP contribution < -0.4 is 0 Å². The molecule has 148 valence electrons. The maximum absolute atomic E-state index is 14.2. The molecule has 1 atom stereocenters. The van der Waals surface area contributed by atoms with Crippen molar-refractivity contribution in [1.82, 2.24) is 24.5 Å². The van der Waals surface area contributed by atoms with Crippen molar-refractivity contribution >= 4 is 17.5 Å². The summed E-state index contributed by atoms with van der Waals surface area (Å²) in [7, 11) is 0. The van der Waals surface area contributed by atoms with Crippen molar-refractivity contribution in [3.63, 3.8) is 0 Å². The van der Waals surface area contributed by atoms with Crippen molar-refractivity contribution in [2.45, 2.75) is 12.5 Å². The van der Waals surface area contributed by atoms with Crippen LogP contribution in [-0.2, 0) is 11.2 Å². The molecule has 0 aliphatic carbocycles. The fraction of sp³-hybridized carbons (Fsp3) is 0.143. The molecule has 0 fully saturated rings. The van der Waals surface area contributed by atoms with Gasteiger partial charge in [0.1, 0.15) is 30.5 Å². The van der Waals surface area contributed by atoms with Crippen LogP contribution in [-0.4, -0.2) is 37.0 Å². The SMILES string of the molecule is Fc1ccccc1[C@H]1COC(c2ncn3c2Cc2cnnn2-c2cc(Cl)ccc2-3)=N1. The van der Waals surface area contributed by atoms with E-state index in [0.29, 0.717) is 28.6 Å². The highest BCUT2D eigenvalue weighted by atomic mass is 35.5. The van der Waals surface area contributed by atoms with Gasteiger partial charge in [0.25, 0.3) is 0 Å². The van der Waals surface area contributed by atoms with Crippen LogP contribution in [0.15, 0.2) is 60.0 Å². The van der Waals surface area contributed by atoms with Crippen molar-refractivity contribution in [2.24, 2.45) is 4.99 Å². The molecule has 6 rings (SSSR count). The van der Waals surface area contributed by atoms with Gasteiger partial charge in [-0.25, -0.2) is 19.0 Å². The molecular formula is C21H14ClFN6O. The Bertz CT molecular complexity index is 1330. The molecule has 0 saturated carbocycles. The molecule has 4 heterocycles. The molecule has 0 N–H and O–H groups in total. The van der Waals surface area contributed by atoms with Gasteiger partial charge in [0, 0.05) is 17.0 Å². The summed E-state index contributed by atoms with van der Waals surface area (Å²) in [5.74, 6) is 0.119. The van der Waals surface area contributed by atoms with E-state index >= 15 is 0 Å². The van der Waals surface area contributed by atoms with Crippen LogP contribution in [0, 0.1) is 5.82 Å². The minimum atomic E-state index is -0.400. The first kappa shape index (κ1) is 17.3. The fourth-order valence-corrected chi connectivity index (χ4v) is 4.12. The summed E-state index contributed by atoms with van der Waals surface area (Å²) >= 11 is 6.23. The molecule has 9 heteroatoms. The van der Waals surface area contributed by atoms with E-state index in [0.717, 1.165) is 22.8 Å². The average Bonchev–Trinajstić information content (AvgIpc) is 3.47. The average molecular weight is 421 g/mol. The third kappa shape index (κ3) is 2.57. The molecule has 0 radical (unpaired) electrons. The Morgan fingerprint density at radius 2 is 2.03 bits per heavy atom. The molecule has 7 nitrogen and oxygen atoms in total. The third-order valence-electron chi connectivity index (χ3n) is 5.38. The molecule has 2 aliphatic rings. The van der Waals surface area contributed by atoms with Crippen LogP contribution >= 0.6 is 11.6 Å². The molecule has 30 heavy (non-hydrogen) atoms. The second kappa shape index (κ2) is 6.50. The van der Waals surface area contributed by atoms with E-state index < -0.39 is 6.04 Å². The number of ether oxygens (including phenoxy) is 1. The summed E-state index contributed by atoms with van der Waals surface area (Å²) in [5.41, 5.74) is 4.62. The second-order valence-electron chi connectivity index (χ2n) is 7.14. The van der Waals surface area contributed by atoms with Crippen molar-refractivity contribution < 1.29 is 9.13 Å². The Hall–Kier alpha value is -3.52. The fourth-order valence-electron chi connectivity index (χ4n) is 3.96. The number of benzene rings is 2. The molecule has 0 unspecified atom stereocenters. The lowest BCUT2D eigenvalue weighted by molar-refractivity contribution is 0.316. The predicted octanol–water partition coefficient (Wildman–Crippen LogP) is 3.67. The highest BCUT2D eigenvalue weighted by molar-refractivity contribution is 6.30. The first-order valence-electron chi connectivity index (χ1n) is 9.40. The van der Waals surface area contributed by atoms with E-state index in [2.05, 4.69) is 20.3 Å². The van der Waals surface area contributed by atoms with Gasteiger partial charge in [0.15, 0.2) is 0 Å². The van der Waals surface area contributed by atoms with Crippen molar-refractivity contribution in [3.05, 3.63) is 88.5 Å². The molecule has 0 amide bonds. The van der Waals surface area contributed by atoms with Crippen LogP contribution in [0.25, 0.3) is 11.4 Å². The Labute approximate surface area is 175 Å². The zero-order chi connectivity index (χ0) is 20.2. The van der Waals surface area contributed by atoms with Crippen LogP contribution in [0.3, 0.4) is 0 Å². The first-order chi connectivity index (χ1) is 14.7. The van der Waals surface area contributed by atoms with Gasteiger partial charge in [-0.15, -0.1) is 5.10 Å². The quantitative estimate of drug-likeness (QED) is 0.437. The van der Waals surface area contributed by atoms with Gasteiger partial charge in [-0.3, -0.25) is 4.57 Å². The van der Waals surface area contributed by atoms with E-state index in [1.165, 1.54) is 6.07 Å². The lowest BCUT2D eigenvalue weighted by Crippen LogP contribution is -2.08. The number of hydrogen-bond donors (Lipinski definition) is 0. The molecule has 0 bridgehead atoms. The lowest BCUT2D eigenvalue weighted by Gasteiger charge is -2.10. The minimum absolute atomic E-state index is 0.272. The molecule has 2 aliphatic heterocycles. The number of rotatable bonds is 2. The minimum Gasteiger partial charge on any atom is -0.474 e. The number of imidazole rings is 1. The van der Waals surface area contributed by atoms with Crippen molar-refractivity contribution in [3.8, 4) is 11.4 Å². The summed E-state index contributed by atoms with van der Waals surface area (Å²) < 4.78 is 23.8. The van der Waals surface area contributed by atoms with Gasteiger partial charge in [-0.1, -0.05) is 35.0 Å². The zero-order valence-electron chi connectivity index (χ0n) is 15.5. The van der Waals surface area contributed by atoms with Crippen LogP contribution in [0.5, 0.6) is 0 Å². The maximum Gasteiger partial charge on any atom is 0.238 e. The normalized spacial score (nSPS) is 16.9. The van der Waals surface area contributed by atoms with Gasteiger partial charge in [0.2, 0.25) is 5.90 Å². The Morgan fingerprint density at radius 1 is 1.13 bits per heavy atom. The molecule has 2 aromatic carbocycles. The Balaban J connectivity index is 1.48. The number of nitrogens with zero attached hydrogens (tertiary/aromatic N) is 6. The van der Waals surface area contributed by atoms with Crippen LogP contribution in [0.2, 0.25) is 5.02 Å². The predicted molar refractivity (Wildman–Crippen MR) is 108 cm³/mol. The topological polar surface area (TPSA) is 70.1 Å². The summed E-state index contributed by atoms with van der Waals surface area (Å²) in [6.45, 7) is 0.272. The largest absolute Gasteiger partial charge is 0.474 e.